The first-order chi connectivity index (χ1) is 5.88. The van der Waals surface area contributed by atoms with Crippen LogP contribution in [0, 0.1) is 0 Å². The minimum absolute atomic E-state index is 0.196. The molecule has 0 saturated heterocycles. The van der Waals surface area contributed by atoms with Crippen molar-refractivity contribution < 1.29 is 4.79 Å². The molecule has 2 aromatic heterocycles. The minimum atomic E-state index is 0.196. The van der Waals surface area contributed by atoms with E-state index >= 15 is 0 Å². The maximum atomic E-state index is 11.6. The molecule has 0 aliphatic carbocycles. The second-order valence-corrected chi connectivity index (χ2v) is 5.63. The van der Waals surface area contributed by atoms with Crippen LogP contribution in [0.25, 0.3) is 0 Å². The Balaban J connectivity index is 2.34. The number of hydrogen-bond acceptors (Lipinski definition) is 1. The number of carbonyl (C=O) groups excluding carboxylic acids is 1. The van der Waals surface area contributed by atoms with Crippen LogP contribution in [-0.4, -0.2) is 34.8 Å². The average molecular weight is 288 g/mol. The van der Waals surface area contributed by atoms with Gasteiger partial charge in [-0.25, -0.2) is 0 Å². The molecule has 1 nitrogen and oxygen atoms in total. The molecule has 0 bridgehead atoms. The van der Waals surface area contributed by atoms with Crippen molar-refractivity contribution in [2.75, 3.05) is 0 Å². The van der Waals surface area contributed by atoms with E-state index in [1.807, 2.05) is 22.0 Å². The Morgan fingerprint density at radius 2 is 1.50 bits per heavy atom. The molecule has 12 heavy (non-hydrogen) atoms. The molecule has 0 aliphatic rings. The van der Waals surface area contributed by atoms with Crippen molar-refractivity contribution in [3.63, 3.8) is 0 Å². The molecule has 0 amide bonds. The summed E-state index contributed by atoms with van der Waals surface area (Å²) >= 11 is 0.831. The zero-order valence-corrected chi connectivity index (χ0v) is 9.61. The molecular weight excluding hydrogens is 282 g/mol. The van der Waals surface area contributed by atoms with Crippen molar-refractivity contribution in [2.45, 2.75) is 0 Å². The molecule has 60 valence electrons. The Morgan fingerprint density at radius 1 is 1.00 bits per heavy atom. The van der Waals surface area contributed by atoms with Crippen molar-refractivity contribution in [2.24, 2.45) is 0 Å². The van der Waals surface area contributed by atoms with Crippen molar-refractivity contribution >= 4 is 34.8 Å². The summed E-state index contributed by atoms with van der Waals surface area (Å²) in [5.74, 6) is 0.196. The normalized spacial score (nSPS) is 10.0. The summed E-state index contributed by atoms with van der Waals surface area (Å²) in [5, 5.41) is 0. The van der Waals surface area contributed by atoms with E-state index in [-0.39, 0.29) is 5.78 Å². The van der Waals surface area contributed by atoms with Gasteiger partial charge in [0, 0.05) is 0 Å². The third-order valence-corrected chi connectivity index (χ3v) is 4.43. The van der Waals surface area contributed by atoms with E-state index in [4.69, 9.17) is 0 Å². The van der Waals surface area contributed by atoms with E-state index in [2.05, 4.69) is 9.88 Å². The van der Waals surface area contributed by atoms with E-state index < -0.39 is 0 Å². The van der Waals surface area contributed by atoms with Crippen LogP contribution in [0.3, 0.4) is 0 Å². The molecule has 0 radical (unpaired) electrons. The van der Waals surface area contributed by atoms with Gasteiger partial charge >= 0.3 is 82.6 Å². The van der Waals surface area contributed by atoms with Gasteiger partial charge in [-0.2, -0.15) is 0 Å². The van der Waals surface area contributed by atoms with Crippen LogP contribution >= 0.6 is 0 Å². The molecule has 0 spiro atoms. The molecule has 2 rings (SSSR count). The van der Waals surface area contributed by atoms with Gasteiger partial charge in [-0.1, -0.05) is 0 Å². The third kappa shape index (κ3) is 1.55. The zero-order chi connectivity index (χ0) is 8.39. The molecular formula is C9H6OSe2. The van der Waals surface area contributed by atoms with Gasteiger partial charge < -0.3 is 0 Å². The second kappa shape index (κ2) is 3.59. The molecule has 0 unspecified atom stereocenters. The number of ketones is 1. The molecule has 0 aromatic carbocycles. The summed E-state index contributed by atoms with van der Waals surface area (Å²) in [7, 11) is 0. The quantitative estimate of drug-likeness (QED) is 0.596. The summed E-state index contributed by atoms with van der Waals surface area (Å²) < 4.78 is 0. The van der Waals surface area contributed by atoms with Crippen molar-refractivity contribution in [1.82, 2.24) is 0 Å². The van der Waals surface area contributed by atoms with Crippen LogP contribution in [0.4, 0.5) is 0 Å². The summed E-state index contributed by atoms with van der Waals surface area (Å²) in [6.45, 7) is 0. The van der Waals surface area contributed by atoms with Crippen LogP contribution in [-0.2, 0) is 0 Å². The Kier molecular flexibility index (Phi) is 2.48. The Morgan fingerprint density at radius 3 is 1.83 bits per heavy atom. The molecule has 2 heterocycles. The van der Waals surface area contributed by atoms with E-state index in [0.717, 1.165) is 11.1 Å². The Labute approximate surface area is 82.5 Å². The van der Waals surface area contributed by atoms with Crippen molar-refractivity contribution in [3.05, 3.63) is 43.0 Å². The van der Waals surface area contributed by atoms with E-state index in [1.54, 1.807) is 0 Å². The van der Waals surface area contributed by atoms with Crippen molar-refractivity contribution in [3.8, 4) is 0 Å². The molecule has 0 N–H and O–H groups in total. The fourth-order valence-corrected chi connectivity index (χ4v) is 3.62. The van der Waals surface area contributed by atoms with Gasteiger partial charge in [0.15, 0.2) is 0 Å². The van der Waals surface area contributed by atoms with Crippen molar-refractivity contribution in [1.29, 1.82) is 0 Å². The van der Waals surface area contributed by atoms with Gasteiger partial charge in [0.2, 0.25) is 0 Å². The van der Waals surface area contributed by atoms with Crippen LogP contribution in [0.5, 0.6) is 0 Å². The summed E-state index contributed by atoms with van der Waals surface area (Å²) in [6.07, 6.45) is 0. The standard InChI is InChI=1S/C9H6OSe2/c10-9(7-1-3-11-5-7)8-2-4-12-6-8/h1-6H. The van der Waals surface area contributed by atoms with E-state index in [9.17, 15) is 4.79 Å². The van der Waals surface area contributed by atoms with Crippen LogP contribution < -0.4 is 0 Å². The van der Waals surface area contributed by atoms with Gasteiger partial charge in [-0.3, -0.25) is 0 Å². The summed E-state index contributed by atoms with van der Waals surface area (Å²) in [6, 6.07) is 3.87. The molecule has 0 atom stereocenters. The Hall–Kier alpha value is -0.331. The first-order valence-electron chi connectivity index (χ1n) is 3.47. The van der Waals surface area contributed by atoms with E-state index in [1.165, 1.54) is 0 Å². The van der Waals surface area contributed by atoms with Crippen LogP contribution in [0.2, 0.25) is 0 Å². The monoisotopic (exact) mass is 290 g/mol. The molecule has 0 aliphatic heterocycles. The predicted molar refractivity (Wildman–Crippen MR) is 50.2 cm³/mol. The third-order valence-electron chi connectivity index (χ3n) is 1.57. The van der Waals surface area contributed by atoms with Gasteiger partial charge in [-0.05, 0) is 0 Å². The number of rotatable bonds is 2. The first kappa shape index (κ1) is 8.28. The van der Waals surface area contributed by atoms with E-state index in [0.29, 0.717) is 29.0 Å². The van der Waals surface area contributed by atoms with Gasteiger partial charge in [0.25, 0.3) is 0 Å². The van der Waals surface area contributed by atoms with Gasteiger partial charge in [0.05, 0.1) is 0 Å². The number of hydrogen-bond donors (Lipinski definition) is 0. The zero-order valence-electron chi connectivity index (χ0n) is 6.19. The SMILES string of the molecule is O=C(c1cc[se]c1)c1cc[se]c1. The van der Waals surface area contributed by atoms with Crippen LogP contribution in [0.1, 0.15) is 15.9 Å². The first-order valence-corrected chi connectivity index (χ1v) is 7.42. The van der Waals surface area contributed by atoms with Gasteiger partial charge in [-0.15, -0.1) is 0 Å². The second-order valence-electron chi connectivity index (χ2n) is 2.35. The molecule has 2 aromatic rings. The maximum absolute atomic E-state index is 11.6. The molecule has 3 heteroatoms. The Bertz CT molecular complexity index is 323. The fraction of sp³-hybridized carbons (Fsp3) is 0. The van der Waals surface area contributed by atoms with Gasteiger partial charge in [0.1, 0.15) is 0 Å². The average Bonchev–Trinajstić information content (AvgIpc) is 2.77. The topological polar surface area (TPSA) is 17.1 Å². The predicted octanol–water partition coefficient (Wildman–Crippen LogP) is 1.03. The molecule has 0 fully saturated rings. The number of carbonyl (C=O) groups is 1. The van der Waals surface area contributed by atoms with Crippen LogP contribution in [0.15, 0.2) is 31.9 Å². The molecule has 0 saturated carbocycles. The fourth-order valence-electron chi connectivity index (χ4n) is 0.954. The summed E-state index contributed by atoms with van der Waals surface area (Å²) in [5.41, 5.74) is 1.76. The summed E-state index contributed by atoms with van der Waals surface area (Å²) in [4.78, 5) is 19.9.